The summed E-state index contributed by atoms with van der Waals surface area (Å²) >= 11 is 0. The Balaban J connectivity index is 1.91. The molecule has 130 valence electrons. The van der Waals surface area contributed by atoms with Crippen LogP contribution in [0.4, 0.5) is 5.69 Å². The lowest BCUT2D eigenvalue weighted by atomic mass is 9.85. The number of carboxylic acids is 1. The topological polar surface area (TPSA) is 80.4 Å². The minimum atomic E-state index is -0.904. The van der Waals surface area contributed by atoms with Crippen molar-refractivity contribution in [2.75, 3.05) is 0 Å². The van der Waals surface area contributed by atoms with Gasteiger partial charge in [-0.05, 0) is 61.3 Å². The van der Waals surface area contributed by atoms with Crippen LogP contribution in [-0.2, 0) is 24.1 Å². The van der Waals surface area contributed by atoms with E-state index in [4.69, 9.17) is 0 Å². The van der Waals surface area contributed by atoms with Crippen molar-refractivity contribution in [1.29, 1.82) is 0 Å². The van der Waals surface area contributed by atoms with Gasteiger partial charge in [-0.2, -0.15) is 0 Å². The molecule has 1 aliphatic carbocycles. The lowest BCUT2D eigenvalue weighted by molar-refractivity contribution is -0.385. The van der Waals surface area contributed by atoms with Crippen molar-refractivity contribution in [3.63, 3.8) is 0 Å². The lowest BCUT2D eigenvalue weighted by Gasteiger charge is -2.19. The third-order valence-electron chi connectivity index (χ3n) is 4.98. The Morgan fingerprint density at radius 3 is 2.56 bits per heavy atom. The van der Waals surface area contributed by atoms with Crippen LogP contribution in [0.15, 0.2) is 36.4 Å². The van der Waals surface area contributed by atoms with E-state index in [1.807, 2.05) is 18.2 Å². The van der Waals surface area contributed by atoms with E-state index >= 15 is 0 Å². The predicted molar refractivity (Wildman–Crippen MR) is 95.0 cm³/mol. The van der Waals surface area contributed by atoms with E-state index in [-0.39, 0.29) is 12.1 Å². The maximum atomic E-state index is 11.8. The third-order valence-corrected chi connectivity index (χ3v) is 4.98. The number of benzene rings is 2. The maximum Gasteiger partial charge on any atom is 0.311 e. The summed E-state index contributed by atoms with van der Waals surface area (Å²) in [4.78, 5) is 22.5. The number of aryl methyl sites for hydroxylation is 3. The summed E-state index contributed by atoms with van der Waals surface area (Å²) < 4.78 is 0. The van der Waals surface area contributed by atoms with E-state index in [1.54, 1.807) is 19.1 Å². The lowest BCUT2D eigenvalue weighted by Crippen LogP contribution is -2.16. The molecule has 3 rings (SSSR count). The molecule has 1 aliphatic rings. The molecular weight excluding hydrogens is 318 g/mol. The van der Waals surface area contributed by atoms with Gasteiger partial charge in [0.2, 0.25) is 0 Å². The van der Waals surface area contributed by atoms with Crippen LogP contribution >= 0.6 is 0 Å². The first-order valence-electron chi connectivity index (χ1n) is 8.54. The molecule has 1 unspecified atom stereocenters. The molecule has 1 N–H and O–H groups in total. The summed E-state index contributed by atoms with van der Waals surface area (Å²) in [6.45, 7) is 1.68. The molecule has 1 atom stereocenters. The highest BCUT2D eigenvalue weighted by atomic mass is 16.6. The first kappa shape index (κ1) is 17.1. The van der Waals surface area contributed by atoms with Crippen molar-refractivity contribution in [3.8, 4) is 0 Å². The van der Waals surface area contributed by atoms with E-state index in [0.29, 0.717) is 11.1 Å². The van der Waals surface area contributed by atoms with Crippen molar-refractivity contribution in [2.24, 2.45) is 0 Å². The molecule has 5 nitrogen and oxygen atoms in total. The number of fused-ring (bicyclic) bond motifs is 1. The summed E-state index contributed by atoms with van der Waals surface area (Å²) in [6.07, 6.45) is 4.61. The van der Waals surface area contributed by atoms with Gasteiger partial charge in [0.1, 0.15) is 0 Å². The SMILES string of the molecule is Cc1ccc(CC(C(=O)O)c2ccc3c(c2)CCCC3)cc1[N+](=O)[O-]. The highest BCUT2D eigenvalue weighted by Crippen LogP contribution is 2.29. The monoisotopic (exact) mass is 339 g/mol. The zero-order valence-electron chi connectivity index (χ0n) is 14.2. The zero-order valence-corrected chi connectivity index (χ0v) is 14.2. The highest BCUT2D eigenvalue weighted by Gasteiger charge is 2.23. The van der Waals surface area contributed by atoms with Crippen LogP contribution in [0.3, 0.4) is 0 Å². The molecule has 0 amide bonds. The smallest absolute Gasteiger partial charge is 0.311 e. The van der Waals surface area contributed by atoms with Gasteiger partial charge in [0.25, 0.3) is 5.69 Å². The van der Waals surface area contributed by atoms with Crippen LogP contribution < -0.4 is 0 Å². The predicted octanol–water partition coefficient (Wildman–Crippen LogP) is 4.19. The van der Waals surface area contributed by atoms with Gasteiger partial charge in [-0.15, -0.1) is 0 Å². The summed E-state index contributed by atoms with van der Waals surface area (Å²) in [5.74, 6) is -1.60. The molecule has 2 aromatic rings. The van der Waals surface area contributed by atoms with Crippen LogP contribution in [0.25, 0.3) is 0 Å². The molecule has 0 aliphatic heterocycles. The van der Waals surface area contributed by atoms with E-state index in [9.17, 15) is 20.0 Å². The molecule has 0 saturated carbocycles. The first-order valence-corrected chi connectivity index (χ1v) is 8.54. The number of nitro groups is 1. The van der Waals surface area contributed by atoms with Crippen molar-refractivity contribution in [3.05, 3.63) is 74.3 Å². The Labute approximate surface area is 146 Å². The Morgan fingerprint density at radius 1 is 1.16 bits per heavy atom. The van der Waals surface area contributed by atoms with Gasteiger partial charge in [0, 0.05) is 11.6 Å². The molecule has 0 spiro atoms. The van der Waals surface area contributed by atoms with Gasteiger partial charge >= 0.3 is 5.97 Å². The number of nitro benzene ring substituents is 1. The number of hydrogen-bond acceptors (Lipinski definition) is 3. The minimum absolute atomic E-state index is 0.0343. The Bertz CT molecular complexity index is 828. The van der Waals surface area contributed by atoms with Crippen molar-refractivity contribution in [2.45, 2.75) is 44.9 Å². The summed E-state index contributed by atoms with van der Waals surface area (Å²) in [7, 11) is 0. The highest BCUT2D eigenvalue weighted by molar-refractivity contribution is 5.76. The quantitative estimate of drug-likeness (QED) is 0.654. The van der Waals surface area contributed by atoms with E-state index in [0.717, 1.165) is 24.8 Å². The molecule has 0 saturated heterocycles. The van der Waals surface area contributed by atoms with Crippen LogP contribution in [-0.4, -0.2) is 16.0 Å². The number of aliphatic carboxylic acids is 1. The van der Waals surface area contributed by atoms with Gasteiger partial charge < -0.3 is 5.11 Å². The molecule has 0 heterocycles. The number of carbonyl (C=O) groups is 1. The minimum Gasteiger partial charge on any atom is -0.481 e. The normalized spacial score (nSPS) is 14.6. The average molecular weight is 339 g/mol. The summed E-state index contributed by atoms with van der Waals surface area (Å²) in [6, 6.07) is 10.9. The van der Waals surface area contributed by atoms with Crippen LogP contribution in [0.2, 0.25) is 0 Å². The molecule has 0 fully saturated rings. The Morgan fingerprint density at radius 2 is 1.88 bits per heavy atom. The zero-order chi connectivity index (χ0) is 18.0. The summed E-state index contributed by atoms with van der Waals surface area (Å²) in [5.41, 5.74) is 4.61. The van der Waals surface area contributed by atoms with Gasteiger partial charge in [-0.1, -0.05) is 30.3 Å². The fraction of sp³-hybridized carbons (Fsp3) is 0.350. The van der Waals surface area contributed by atoms with Crippen molar-refractivity contribution in [1.82, 2.24) is 0 Å². The molecule has 0 radical (unpaired) electrons. The Kier molecular flexibility index (Phi) is 4.83. The third kappa shape index (κ3) is 3.71. The fourth-order valence-electron chi connectivity index (χ4n) is 3.53. The largest absolute Gasteiger partial charge is 0.481 e. The molecule has 5 heteroatoms. The average Bonchev–Trinajstić information content (AvgIpc) is 2.60. The fourth-order valence-corrected chi connectivity index (χ4v) is 3.53. The van der Waals surface area contributed by atoms with Crippen LogP contribution in [0.1, 0.15) is 46.6 Å². The second kappa shape index (κ2) is 7.05. The van der Waals surface area contributed by atoms with Gasteiger partial charge in [0.15, 0.2) is 0 Å². The van der Waals surface area contributed by atoms with Crippen LogP contribution in [0, 0.1) is 17.0 Å². The Hall–Kier alpha value is -2.69. The van der Waals surface area contributed by atoms with Crippen molar-refractivity contribution < 1.29 is 14.8 Å². The molecule has 25 heavy (non-hydrogen) atoms. The van der Waals surface area contributed by atoms with E-state index in [2.05, 4.69) is 0 Å². The number of rotatable bonds is 5. The molecule has 2 aromatic carbocycles. The standard InChI is InChI=1S/C20H21NO4/c1-13-6-7-14(11-19(13)21(24)25)10-18(20(22)23)17-9-8-15-4-2-3-5-16(15)12-17/h6-9,11-12,18H,2-5,10H2,1H3,(H,22,23). The maximum absolute atomic E-state index is 11.8. The van der Waals surface area contributed by atoms with Gasteiger partial charge in [0.05, 0.1) is 10.8 Å². The molecule has 0 aromatic heterocycles. The molecule has 0 bridgehead atoms. The van der Waals surface area contributed by atoms with E-state index in [1.165, 1.54) is 23.6 Å². The first-order chi connectivity index (χ1) is 12.0. The van der Waals surface area contributed by atoms with Gasteiger partial charge in [-0.25, -0.2) is 0 Å². The van der Waals surface area contributed by atoms with Crippen LogP contribution in [0.5, 0.6) is 0 Å². The van der Waals surface area contributed by atoms with E-state index < -0.39 is 16.8 Å². The molecular formula is C20H21NO4. The summed E-state index contributed by atoms with van der Waals surface area (Å²) in [5, 5.41) is 20.8. The number of hydrogen-bond donors (Lipinski definition) is 1. The van der Waals surface area contributed by atoms with Crippen molar-refractivity contribution >= 4 is 11.7 Å². The number of carboxylic acid groups (broad SMARTS) is 1. The second-order valence-corrected chi connectivity index (χ2v) is 6.71. The van der Waals surface area contributed by atoms with Gasteiger partial charge in [-0.3, -0.25) is 14.9 Å². The number of nitrogens with zero attached hydrogens (tertiary/aromatic N) is 1. The second-order valence-electron chi connectivity index (χ2n) is 6.71.